The molecule has 1 saturated carbocycles. The molecular formula is C16H22ClN3. The van der Waals surface area contributed by atoms with Crippen molar-refractivity contribution in [1.82, 2.24) is 9.55 Å². The van der Waals surface area contributed by atoms with Gasteiger partial charge in [0, 0.05) is 18.0 Å². The van der Waals surface area contributed by atoms with E-state index in [0.717, 1.165) is 28.9 Å². The zero-order valence-corrected chi connectivity index (χ0v) is 12.9. The highest BCUT2D eigenvalue weighted by Gasteiger charge is 2.27. The molecule has 1 aromatic heterocycles. The quantitative estimate of drug-likeness (QED) is 0.898. The van der Waals surface area contributed by atoms with Crippen LogP contribution in [0.4, 0.5) is 0 Å². The number of nitrogens with zero attached hydrogens (tertiary/aromatic N) is 2. The van der Waals surface area contributed by atoms with Gasteiger partial charge in [-0.2, -0.15) is 0 Å². The summed E-state index contributed by atoms with van der Waals surface area (Å²) in [5.74, 6) is 1.63. The summed E-state index contributed by atoms with van der Waals surface area (Å²) in [5, 5.41) is 0.787. The first-order chi connectivity index (χ1) is 9.58. The fourth-order valence-electron chi connectivity index (χ4n) is 3.40. The molecule has 3 nitrogen and oxygen atoms in total. The topological polar surface area (TPSA) is 43.8 Å². The van der Waals surface area contributed by atoms with Crippen LogP contribution in [0.25, 0.3) is 11.0 Å². The predicted molar refractivity (Wildman–Crippen MR) is 84.3 cm³/mol. The SMILES string of the molecule is CC(C)n1c(C2CCCC(N)C2)nc2cccc(Cl)c21. The lowest BCUT2D eigenvalue weighted by Gasteiger charge is -2.27. The normalized spacial score (nSPS) is 23.6. The van der Waals surface area contributed by atoms with Crippen molar-refractivity contribution in [2.45, 2.75) is 57.5 Å². The van der Waals surface area contributed by atoms with Crippen LogP contribution in [-0.2, 0) is 0 Å². The van der Waals surface area contributed by atoms with E-state index in [1.807, 2.05) is 18.2 Å². The van der Waals surface area contributed by atoms with Gasteiger partial charge in [-0.25, -0.2) is 4.98 Å². The van der Waals surface area contributed by atoms with Crippen LogP contribution in [0.2, 0.25) is 5.02 Å². The molecule has 2 atom stereocenters. The minimum Gasteiger partial charge on any atom is -0.328 e. The summed E-state index contributed by atoms with van der Waals surface area (Å²) in [6.45, 7) is 4.38. The van der Waals surface area contributed by atoms with Gasteiger partial charge in [-0.05, 0) is 45.2 Å². The fraction of sp³-hybridized carbons (Fsp3) is 0.562. The van der Waals surface area contributed by atoms with Crippen molar-refractivity contribution >= 4 is 22.6 Å². The molecule has 4 heteroatoms. The van der Waals surface area contributed by atoms with E-state index in [9.17, 15) is 0 Å². The van der Waals surface area contributed by atoms with Gasteiger partial charge in [-0.15, -0.1) is 0 Å². The van der Waals surface area contributed by atoms with Gasteiger partial charge in [0.05, 0.1) is 16.1 Å². The first kappa shape index (κ1) is 13.9. The molecule has 1 aliphatic rings. The Bertz CT molecular complexity index is 617. The minimum absolute atomic E-state index is 0.310. The first-order valence-corrected chi connectivity index (χ1v) is 7.87. The van der Waals surface area contributed by atoms with Crippen LogP contribution in [0.3, 0.4) is 0 Å². The van der Waals surface area contributed by atoms with Gasteiger partial charge in [-0.3, -0.25) is 0 Å². The van der Waals surface area contributed by atoms with Crippen molar-refractivity contribution in [3.63, 3.8) is 0 Å². The Morgan fingerprint density at radius 3 is 2.85 bits per heavy atom. The molecule has 1 fully saturated rings. The van der Waals surface area contributed by atoms with E-state index in [1.165, 1.54) is 18.7 Å². The third-order valence-corrected chi connectivity index (χ3v) is 4.59. The highest BCUT2D eigenvalue weighted by Crippen LogP contribution is 2.36. The summed E-state index contributed by atoms with van der Waals surface area (Å²) in [4.78, 5) is 4.88. The fourth-order valence-corrected chi connectivity index (χ4v) is 3.66. The lowest BCUT2D eigenvalue weighted by molar-refractivity contribution is 0.369. The number of hydrogen-bond donors (Lipinski definition) is 1. The predicted octanol–water partition coefficient (Wildman–Crippen LogP) is 4.26. The second kappa shape index (κ2) is 5.38. The molecule has 3 rings (SSSR count). The Balaban J connectivity index is 2.14. The number of rotatable bonds is 2. The van der Waals surface area contributed by atoms with Crippen LogP contribution in [0.1, 0.15) is 57.3 Å². The average molecular weight is 292 g/mol. The molecule has 0 saturated heterocycles. The molecule has 0 aliphatic heterocycles. The molecule has 0 amide bonds. The minimum atomic E-state index is 0.310. The monoisotopic (exact) mass is 291 g/mol. The number of nitrogens with two attached hydrogens (primary N) is 1. The highest BCUT2D eigenvalue weighted by atomic mass is 35.5. The van der Waals surface area contributed by atoms with E-state index in [0.29, 0.717) is 18.0 Å². The Hall–Kier alpha value is -1.06. The third kappa shape index (κ3) is 2.33. The molecular weight excluding hydrogens is 270 g/mol. The molecule has 0 bridgehead atoms. The van der Waals surface area contributed by atoms with E-state index in [-0.39, 0.29) is 0 Å². The number of benzene rings is 1. The molecule has 0 radical (unpaired) electrons. The molecule has 0 spiro atoms. The van der Waals surface area contributed by atoms with Crippen LogP contribution in [0.15, 0.2) is 18.2 Å². The standard InChI is InChI=1S/C16H22ClN3/c1-10(2)20-15-13(17)7-4-8-14(15)19-16(20)11-5-3-6-12(18)9-11/h4,7-8,10-12H,3,5-6,9,18H2,1-2H3. The van der Waals surface area contributed by atoms with Gasteiger partial charge >= 0.3 is 0 Å². The molecule has 1 aliphatic carbocycles. The number of halogens is 1. The summed E-state index contributed by atoms with van der Waals surface area (Å²) in [5.41, 5.74) is 8.22. The molecule has 2 unspecified atom stereocenters. The molecule has 108 valence electrons. The first-order valence-electron chi connectivity index (χ1n) is 7.50. The molecule has 2 N–H and O–H groups in total. The maximum absolute atomic E-state index is 6.40. The second-order valence-corrected chi connectivity index (χ2v) is 6.57. The summed E-state index contributed by atoms with van der Waals surface area (Å²) in [6, 6.07) is 6.63. The van der Waals surface area contributed by atoms with Crippen molar-refractivity contribution in [2.24, 2.45) is 5.73 Å². The number of imidazole rings is 1. The largest absolute Gasteiger partial charge is 0.328 e. The van der Waals surface area contributed by atoms with E-state index in [2.05, 4.69) is 18.4 Å². The maximum Gasteiger partial charge on any atom is 0.113 e. The second-order valence-electron chi connectivity index (χ2n) is 6.16. The number of hydrogen-bond acceptors (Lipinski definition) is 2. The van der Waals surface area contributed by atoms with Gasteiger partial charge in [0.2, 0.25) is 0 Å². The molecule has 20 heavy (non-hydrogen) atoms. The zero-order chi connectivity index (χ0) is 14.3. The van der Waals surface area contributed by atoms with Crippen LogP contribution in [-0.4, -0.2) is 15.6 Å². The van der Waals surface area contributed by atoms with Crippen LogP contribution < -0.4 is 5.73 Å². The third-order valence-electron chi connectivity index (χ3n) is 4.28. The van der Waals surface area contributed by atoms with Gasteiger partial charge in [-0.1, -0.05) is 24.1 Å². The van der Waals surface area contributed by atoms with E-state index >= 15 is 0 Å². The molecule has 1 heterocycles. The number of fused-ring (bicyclic) bond motifs is 1. The molecule has 2 aromatic rings. The average Bonchev–Trinajstić information content (AvgIpc) is 2.79. The lowest BCUT2D eigenvalue weighted by Crippen LogP contribution is -2.28. The van der Waals surface area contributed by atoms with Gasteiger partial charge in [0.25, 0.3) is 0 Å². The van der Waals surface area contributed by atoms with Crippen molar-refractivity contribution in [3.05, 3.63) is 29.0 Å². The number of aromatic nitrogens is 2. The van der Waals surface area contributed by atoms with E-state index < -0.39 is 0 Å². The van der Waals surface area contributed by atoms with Crippen LogP contribution in [0, 0.1) is 0 Å². The highest BCUT2D eigenvalue weighted by molar-refractivity contribution is 6.35. The van der Waals surface area contributed by atoms with E-state index in [1.54, 1.807) is 0 Å². The maximum atomic E-state index is 6.40. The van der Waals surface area contributed by atoms with Crippen LogP contribution >= 0.6 is 11.6 Å². The summed E-state index contributed by atoms with van der Waals surface area (Å²) >= 11 is 6.40. The summed E-state index contributed by atoms with van der Waals surface area (Å²) in [6.07, 6.45) is 4.55. The van der Waals surface area contributed by atoms with Crippen molar-refractivity contribution in [1.29, 1.82) is 0 Å². The Morgan fingerprint density at radius 2 is 2.15 bits per heavy atom. The summed E-state index contributed by atoms with van der Waals surface area (Å²) < 4.78 is 2.31. The zero-order valence-electron chi connectivity index (χ0n) is 12.1. The van der Waals surface area contributed by atoms with Gasteiger partial charge in [0.1, 0.15) is 5.82 Å². The van der Waals surface area contributed by atoms with Gasteiger partial charge in [0.15, 0.2) is 0 Å². The Morgan fingerprint density at radius 1 is 1.35 bits per heavy atom. The van der Waals surface area contributed by atoms with Crippen molar-refractivity contribution < 1.29 is 0 Å². The smallest absolute Gasteiger partial charge is 0.113 e. The molecule has 1 aromatic carbocycles. The van der Waals surface area contributed by atoms with Crippen LogP contribution in [0.5, 0.6) is 0 Å². The van der Waals surface area contributed by atoms with Gasteiger partial charge < -0.3 is 10.3 Å². The Labute approximate surface area is 125 Å². The van der Waals surface area contributed by atoms with Crippen molar-refractivity contribution in [2.75, 3.05) is 0 Å². The van der Waals surface area contributed by atoms with E-state index in [4.69, 9.17) is 22.3 Å². The number of para-hydroxylation sites is 1. The Kier molecular flexibility index (Phi) is 3.74. The van der Waals surface area contributed by atoms with Crippen molar-refractivity contribution in [3.8, 4) is 0 Å². The summed E-state index contributed by atoms with van der Waals surface area (Å²) in [7, 11) is 0. The lowest BCUT2D eigenvalue weighted by atomic mass is 9.85.